The molecule has 1 aromatic heterocycles. The molecule has 0 spiro atoms. The fourth-order valence-corrected chi connectivity index (χ4v) is 5.39. The van der Waals surface area contributed by atoms with Gasteiger partial charge >= 0.3 is 0 Å². The van der Waals surface area contributed by atoms with Crippen molar-refractivity contribution in [2.24, 2.45) is 0 Å². The van der Waals surface area contributed by atoms with E-state index in [2.05, 4.69) is 5.32 Å². The van der Waals surface area contributed by atoms with Crippen LogP contribution in [0.3, 0.4) is 0 Å². The van der Waals surface area contributed by atoms with Crippen molar-refractivity contribution in [3.63, 3.8) is 0 Å². The number of hydrogen-bond donors (Lipinski definition) is 1. The average Bonchev–Trinajstić information content (AvgIpc) is 3.15. The maximum absolute atomic E-state index is 13.5. The second kappa shape index (κ2) is 10.0. The summed E-state index contributed by atoms with van der Waals surface area (Å²) in [4.78, 5) is 29.4. The molecule has 0 aliphatic carbocycles. The van der Waals surface area contributed by atoms with Crippen LogP contribution in [0, 0.1) is 6.92 Å². The van der Waals surface area contributed by atoms with Crippen LogP contribution in [0.5, 0.6) is 5.75 Å². The summed E-state index contributed by atoms with van der Waals surface area (Å²) < 4.78 is 5.38. The number of rotatable bonds is 6. The number of hydrogen-bond acceptors (Lipinski definition) is 4. The van der Waals surface area contributed by atoms with Crippen LogP contribution in [0.25, 0.3) is 10.4 Å². The quantitative estimate of drug-likeness (QED) is 0.539. The van der Waals surface area contributed by atoms with Gasteiger partial charge in [0.05, 0.1) is 19.1 Å². The van der Waals surface area contributed by atoms with Gasteiger partial charge in [-0.3, -0.25) is 9.59 Å². The molecule has 166 valence electrons. The fourth-order valence-electron chi connectivity index (χ4n) is 4.17. The SMILES string of the molecule is COc1ccccc1CC(=O)Nc1sc(-c2ccccc2)c(C)c1C(=O)N1CCCCC1. The molecule has 5 nitrogen and oxygen atoms in total. The van der Waals surface area contributed by atoms with E-state index in [9.17, 15) is 9.59 Å². The second-order valence-corrected chi connectivity index (χ2v) is 9.04. The summed E-state index contributed by atoms with van der Waals surface area (Å²) in [5.74, 6) is 0.524. The number of para-hydroxylation sites is 1. The highest BCUT2D eigenvalue weighted by Gasteiger charge is 2.27. The van der Waals surface area contributed by atoms with E-state index in [4.69, 9.17) is 4.74 Å². The van der Waals surface area contributed by atoms with Gasteiger partial charge in [-0.2, -0.15) is 0 Å². The maximum Gasteiger partial charge on any atom is 0.257 e. The zero-order chi connectivity index (χ0) is 22.5. The summed E-state index contributed by atoms with van der Waals surface area (Å²) in [5, 5.41) is 3.66. The Kier molecular flexibility index (Phi) is 6.90. The summed E-state index contributed by atoms with van der Waals surface area (Å²) in [5.41, 5.74) is 3.40. The Labute approximate surface area is 193 Å². The molecule has 2 heterocycles. The Morgan fingerprint density at radius 2 is 1.69 bits per heavy atom. The molecule has 0 atom stereocenters. The minimum Gasteiger partial charge on any atom is -0.496 e. The Morgan fingerprint density at radius 1 is 1.00 bits per heavy atom. The first kappa shape index (κ1) is 22.1. The van der Waals surface area contributed by atoms with E-state index in [-0.39, 0.29) is 18.2 Å². The lowest BCUT2D eigenvalue weighted by Crippen LogP contribution is -2.36. The topological polar surface area (TPSA) is 58.6 Å². The minimum atomic E-state index is -0.164. The molecular weight excluding hydrogens is 420 g/mol. The van der Waals surface area contributed by atoms with Crippen LogP contribution in [0.2, 0.25) is 0 Å². The predicted molar refractivity (Wildman–Crippen MR) is 130 cm³/mol. The first-order chi connectivity index (χ1) is 15.6. The number of thiophene rings is 1. The van der Waals surface area contributed by atoms with Crippen LogP contribution in [0.4, 0.5) is 5.00 Å². The van der Waals surface area contributed by atoms with Crippen molar-refractivity contribution in [3.05, 3.63) is 71.3 Å². The third-order valence-electron chi connectivity index (χ3n) is 5.84. The van der Waals surface area contributed by atoms with Crippen molar-refractivity contribution >= 4 is 28.2 Å². The summed E-state index contributed by atoms with van der Waals surface area (Å²) >= 11 is 1.47. The van der Waals surface area contributed by atoms with Crippen molar-refractivity contribution in [2.75, 3.05) is 25.5 Å². The molecular formula is C26H28N2O3S. The monoisotopic (exact) mass is 448 g/mol. The van der Waals surface area contributed by atoms with Gasteiger partial charge in [0.1, 0.15) is 10.8 Å². The molecule has 3 aromatic rings. The summed E-state index contributed by atoms with van der Waals surface area (Å²) in [7, 11) is 1.60. The van der Waals surface area contributed by atoms with E-state index in [1.54, 1.807) is 7.11 Å². The Hall–Kier alpha value is -3.12. The summed E-state index contributed by atoms with van der Waals surface area (Å²) in [6.07, 6.45) is 3.38. The van der Waals surface area contributed by atoms with Crippen LogP contribution in [-0.2, 0) is 11.2 Å². The van der Waals surface area contributed by atoms with Gasteiger partial charge < -0.3 is 15.0 Å². The number of ether oxygens (including phenoxy) is 1. The maximum atomic E-state index is 13.5. The number of piperidine rings is 1. The minimum absolute atomic E-state index is 0.00761. The molecule has 1 saturated heterocycles. The molecule has 1 aliphatic rings. The van der Waals surface area contributed by atoms with Crippen LogP contribution in [0.1, 0.15) is 40.7 Å². The molecule has 1 fully saturated rings. The van der Waals surface area contributed by atoms with Gasteiger partial charge in [-0.1, -0.05) is 48.5 Å². The predicted octanol–water partition coefficient (Wildman–Crippen LogP) is 5.54. The van der Waals surface area contributed by atoms with Gasteiger partial charge in [-0.15, -0.1) is 11.3 Å². The van der Waals surface area contributed by atoms with E-state index in [0.29, 0.717) is 16.3 Å². The number of anilines is 1. The van der Waals surface area contributed by atoms with Gasteiger partial charge in [0.2, 0.25) is 5.91 Å². The molecule has 0 unspecified atom stereocenters. The fraction of sp³-hybridized carbons (Fsp3) is 0.308. The smallest absolute Gasteiger partial charge is 0.257 e. The first-order valence-corrected chi connectivity index (χ1v) is 11.8. The average molecular weight is 449 g/mol. The van der Waals surface area contributed by atoms with Gasteiger partial charge in [-0.05, 0) is 43.4 Å². The molecule has 2 amide bonds. The molecule has 0 radical (unpaired) electrons. The number of methoxy groups -OCH3 is 1. The molecule has 32 heavy (non-hydrogen) atoms. The summed E-state index contributed by atoms with van der Waals surface area (Å²) in [6, 6.07) is 17.5. The third kappa shape index (κ3) is 4.70. The zero-order valence-electron chi connectivity index (χ0n) is 18.5. The molecule has 0 saturated carbocycles. The lowest BCUT2D eigenvalue weighted by Gasteiger charge is -2.27. The molecule has 1 N–H and O–H groups in total. The highest BCUT2D eigenvalue weighted by atomic mass is 32.1. The van der Waals surface area contributed by atoms with E-state index < -0.39 is 0 Å². The van der Waals surface area contributed by atoms with Crippen molar-refractivity contribution in [1.82, 2.24) is 4.90 Å². The number of likely N-dealkylation sites (tertiary alicyclic amines) is 1. The first-order valence-electron chi connectivity index (χ1n) is 11.0. The van der Waals surface area contributed by atoms with E-state index in [1.165, 1.54) is 11.3 Å². The van der Waals surface area contributed by atoms with Gasteiger partial charge in [0, 0.05) is 23.5 Å². The Balaban J connectivity index is 1.66. The Morgan fingerprint density at radius 3 is 2.41 bits per heavy atom. The van der Waals surface area contributed by atoms with Gasteiger partial charge in [0.15, 0.2) is 0 Å². The van der Waals surface area contributed by atoms with Crippen LogP contribution >= 0.6 is 11.3 Å². The number of benzene rings is 2. The normalized spacial score (nSPS) is 13.6. The second-order valence-electron chi connectivity index (χ2n) is 8.02. The number of carbonyl (C=O) groups is 2. The van der Waals surface area contributed by atoms with E-state index in [0.717, 1.165) is 53.9 Å². The Bertz CT molecular complexity index is 1100. The van der Waals surface area contributed by atoms with Gasteiger partial charge in [0.25, 0.3) is 5.91 Å². The number of nitrogens with one attached hydrogen (secondary N) is 1. The zero-order valence-corrected chi connectivity index (χ0v) is 19.3. The van der Waals surface area contributed by atoms with Gasteiger partial charge in [-0.25, -0.2) is 0 Å². The van der Waals surface area contributed by atoms with Crippen molar-refractivity contribution in [2.45, 2.75) is 32.6 Å². The van der Waals surface area contributed by atoms with E-state index >= 15 is 0 Å². The highest BCUT2D eigenvalue weighted by Crippen LogP contribution is 2.41. The highest BCUT2D eigenvalue weighted by molar-refractivity contribution is 7.20. The molecule has 0 bridgehead atoms. The van der Waals surface area contributed by atoms with Crippen LogP contribution in [-0.4, -0.2) is 36.9 Å². The number of amides is 2. The van der Waals surface area contributed by atoms with Crippen molar-refractivity contribution < 1.29 is 14.3 Å². The van der Waals surface area contributed by atoms with Crippen LogP contribution < -0.4 is 10.1 Å². The third-order valence-corrected chi connectivity index (χ3v) is 7.09. The van der Waals surface area contributed by atoms with Crippen LogP contribution in [0.15, 0.2) is 54.6 Å². The van der Waals surface area contributed by atoms with E-state index in [1.807, 2.05) is 66.4 Å². The largest absolute Gasteiger partial charge is 0.496 e. The van der Waals surface area contributed by atoms with Crippen molar-refractivity contribution in [3.8, 4) is 16.2 Å². The molecule has 4 rings (SSSR count). The summed E-state index contributed by atoms with van der Waals surface area (Å²) in [6.45, 7) is 3.51. The number of carbonyl (C=O) groups excluding carboxylic acids is 2. The number of nitrogens with zero attached hydrogens (tertiary/aromatic N) is 1. The molecule has 2 aromatic carbocycles. The standard InChI is InChI=1S/C26H28N2O3S/c1-18-23(26(30)28-15-9-4-10-16-28)25(32-24(18)19-11-5-3-6-12-19)27-22(29)17-20-13-7-8-14-21(20)31-2/h3,5-8,11-14H,4,9-10,15-17H2,1-2H3,(H,27,29). The molecule has 6 heteroatoms. The lowest BCUT2D eigenvalue weighted by molar-refractivity contribution is -0.115. The molecule has 1 aliphatic heterocycles. The lowest BCUT2D eigenvalue weighted by atomic mass is 10.0. The van der Waals surface area contributed by atoms with Crippen molar-refractivity contribution in [1.29, 1.82) is 0 Å².